The summed E-state index contributed by atoms with van der Waals surface area (Å²) in [6.45, 7) is 10.3. The Morgan fingerprint density at radius 2 is 1.68 bits per heavy atom. The van der Waals surface area contributed by atoms with Crippen LogP contribution in [-0.4, -0.2) is 142 Å². The van der Waals surface area contributed by atoms with Crippen LogP contribution in [0.4, 0.5) is 17.3 Å². The molecule has 1 aliphatic heterocycles. The van der Waals surface area contributed by atoms with Gasteiger partial charge in [0.2, 0.25) is 17.7 Å². The lowest BCUT2D eigenvalue weighted by molar-refractivity contribution is -0.144. The molecule has 6 aromatic rings. The molecule has 5 heterocycles. The fourth-order valence-corrected chi connectivity index (χ4v) is 10.2. The number of carbonyl (C=O) groups is 3. The number of anilines is 3. The van der Waals surface area contributed by atoms with Crippen LogP contribution in [0.1, 0.15) is 64.1 Å². The Labute approximate surface area is 434 Å². The number of β-amino-alcohol motifs (C(OH)–C–C–N with tert-alkyl or cyclic N) is 1. The fourth-order valence-electron chi connectivity index (χ4n) is 9.41. The van der Waals surface area contributed by atoms with Crippen molar-refractivity contribution < 1.29 is 38.4 Å². The van der Waals surface area contributed by atoms with Gasteiger partial charge in [0, 0.05) is 61.5 Å². The molecule has 1 saturated carbocycles. The molecule has 21 heteroatoms. The standard InChI is InChI=1S/C53H69N11O9S/c1-33-47(74-32-58-33)35-14-12-34(13-15-35)28-55-50(67)43-26-36(65)29-64(43)52(69)48(53(2,3)4)62-45(66)30-73-25-24-72-23-22-71-21-20-70-19-18-63-17-16-37-39(10-7-11-42(37)63)60-49-46-41(56-31-57-51(46)68)27-44(61-49)59-40-9-6-5-8-38(40)54/h7,10-17,27,31-32,36,38,40,43,48,65H,5-6,8-9,18-26,28-30,54H2,1-4H3,(H,55,67)(H,62,66)(H,56,57,68)(H2,59,60,61)/t36-,38+,40-,43+,48-/m1/s1. The van der Waals surface area contributed by atoms with Crippen LogP contribution < -0.4 is 32.6 Å². The first kappa shape index (κ1) is 53.9. The van der Waals surface area contributed by atoms with Gasteiger partial charge >= 0.3 is 0 Å². The number of pyridine rings is 1. The number of nitrogens with two attached hydrogens (primary N) is 1. The Morgan fingerprint density at radius 1 is 0.946 bits per heavy atom. The number of amides is 3. The normalized spacial score (nSPS) is 18.4. The van der Waals surface area contributed by atoms with Crippen LogP contribution in [0.5, 0.6) is 0 Å². The van der Waals surface area contributed by atoms with Crippen LogP contribution in [0, 0.1) is 12.3 Å². The van der Waals surface area contributed by atoms with Crippen molar-refractivity contribution in [1.29, 1.82) is 0 Å². The molecule has 2 aliphatic rings. The van der Waals surface area contributed by atoms with E-state index in [-0.39, 0.29) is 62.9 Å². The van der Waals surface area contributed by atoms with Gasteiger partial charge in [0.15, 0.2) is 0 Å². The Hall–Kier alpha value is -6.33. The molecule has 1 saturated heterocycles. The minimum atomic E-state index is -0.971. The summed E-state index contributed by atoms with van der Waals surface area (Å²) in [5, 5.41) is 24.6. The topological polar surface area (TPSA) is 262 Å². The number of carbonyl (C=O) groups excluding carboxylic acids is 3. The van der Waals surface area contributed by atoms with Crippen LogP contribution in [-0.2, 0) is 46.4 Å². The largest absolute Gasteiger partial charge is 0.391 e. The summed E-state index contributed by atoms with van der Waals surface area (Å²) in [5.74, 6) is -0.287. The number of hydrogen-bond acceptors (Lipinski definition) is 16. The third-order valence-corrected chi connectivity index (χ3v) is 14.4. The number of aliphatic hydroxyl groups is 1. The second-order valence-electron chi connectivity index (χ2n) is 19.9. The summed E-state index contributed by atoms with van der Waals surface area (Å²) in [6.07, 6.45) is 6.74. The van der Waals surface area contributed by atoms with E-state index in [4.69, 9.17) is 29.7 Å². The maximum absolute atomic E-state index is 14.0. The van der Waals surface area contributed by atoms with Crippen molar-refractivity contribution in [2.75, 3.05) is 70.0 Å². The number of aromatic nitrogens is 5. The van der Waals surface area contributed by atoms with Gasteiger partial charge in [-0.2, -0.15) is 0 Å². The number of H-pyrrole nitrogens is 1. The van der Waals surface area contributed by atoms with Gasteiger partial charge in [0.1, 0.15) is 35.7 Å². The molecular formula is C53H69N11O9S. The van der Waals surface area contributed by atoms with Gasteiger partial charge in [0.05, 0.1) is 85.8 Å². The molecular weight excluding hydrogens is 967 g/mol. The fraction of sp³-hybridized carbons (Fsp3) is 0.491. The van der Waals surface area contributed by atoms with Gasteiger partial charge in [0.25, 0.3) is 5.56 Å². The van der Waals surface area contributed by atoms with E-state index < -0.39 is 35.4 Å². The highest BCUT2D eigenvalue weighted by atomic mass is 32.1. The van der Waals surface area contributed by atoms with E-state index in [1.165, 1.54) is 11.2 Å². The lowest BCUT2D eigenvalue weighted by Crippen LogP contribution is -2.58. The molecule has 0 radical (unpaired) electrons. The molecule has 8 N–H and O–H groups in total. The maximum Gasteiger partial charge on any atom is 0.262 e. The van der Waals surface area contributed by atoms with Gasteiger partial charge in [-0.25, -0.2) is 15.0 Å². The number of rotatable bonds is 24. The van der Waals surface area contributed by atoms with Crippen LogP contribution in [0.25, 0.3) is 32.2 Å². The van der Waals surface area contributed by atoms with E-state index >= 15 is 0 Å². The second kappa shape index (κ2) is 25.3. The first-order chi connectivity index (χ1) is 35.7. The zero-order chi connectivity index (χ0) is 52.2. The van der Waals surface area contributed by atoms with E-state index in [2.05, 4.69) is 40.8 Å². The minimum absolute atomic E-state index is 0.0206. The lowest BCUT2D eigenvalue weighted by atomic mass is 9.85. The number of ether oxygens (including phenoxy) is 4. The summed E-state index contributed by atoms with van der Waals surface area (Å²) < 4.78 is 24.8. The molecule has 2 fully saturated rings. The predicted octanol–water partition coefficient (Wildman–Crippen LogP) is 5.01. The molecule has 20 nitrogen and oxygen atoms in total. The van der Waals surface area contributed by atoms with Crippen LogP contribution in [0.15, 0.2) is 77.4 Å². The zero-order valence-electron chi connectivity index (χ0n) is 42.6. The maximum atomic E-state index is 14.0. The molecule has 0 spiro atoms. The molecule has 4 aromatic heterocycles. The number of aliphatic hydroxyl groups excluding tert-OH is 1. The Bertz CT molecular complexity index is 2900. The van der Waals surface area contributed by atoms with E-state index in [0.717, 1.165) is 64.0 Å². The van der Waals surface area contributed by atoms with Gasteiger partial charge in [-0.15, -0.1) is 11.3 Å². The monoisotopic (exact) mass is 1040 g/mol. The predicted molar refractivity (Wildman–Crippen MR) is 284 cm³/mol. The van der Waals surface area contributed by atoms with Crippen molar-refractivity contribution in [3.05, 3.63) is 94.2 Å². The van der Waals surface area contributed by atoms with Gasteiger partial charge in [-0.05, 0) is 54.5 Å². The van der Waals surface area contributed by atoms with Crippen molar-refractivity contribution in [3.8, 4) is 10.4 Å². The molecule has 0 unspecified atom stereocenters. The van der Waals surface area contributed by atoms with E-state index in [1.807, 2.05) is 87.9 Å². The smallest absolute Gasteiger partial charge is 0.262 e. The minimum Gasteiger partial charge on any atom is -0.391 e. The first-order valence-electron chi connectivity index (χ1n) is 25.3. The number of benzene rings is 2. The molecule has 5 atom stereocenters. The number of nitrogens with zero attached hydrogens (tertiary/aromatic N) is 5. The van der Waals surface area contributed by atoms with Gasteiger partial charge in [-0.3, -0.25) is 19.2 Å². The number of aryl methyl sites for hydroxylation is 1. The summed E-state index contributed by atoms with van der Waals surface area (Å²) in [4.78, 5) is 72.2. The summed E-state index contributed by atoms with van der Waals surface area (Å²) in [5.41, 5.74) is 12.5. The molecule has 396 valence electrons. The average molecular weight is 1040 g/mol. The average Bonchev–Trinajstić information content (AvgIpc) is 4.12. The second-order valence-corrected chi connectivity index (χ2v) is 20.7. The van der Waals surface area contributed by atoms with Crippen LogP contribution in [0.3, 0.4) is 0 Å². The quantitative estimate of drug-likeness (QED) is 0.0394. The SMILES string of the molecule is Cc1ncsc1-c1ccc(CNC(=O)[C@@H]2C[C@@H](O)CN2C(=O)[C@@H](NC(=O)COCCOCCOCCOCCn2ccc3c(Nc4nc(N[C@@H]5CCCC[C@@H]5N)cc5nc[nH]c(=O)c45)cccc32)C(C)(C)C)cc1. The highest BCUT2D eigenvalue weighted by molar-refractivity contribution is 7.13. The Kier molecular flexibility index (Phi) is 18.4. The highest BCUT2D eigenvalue weighted by Crippen LogP contribution is 2.32. The molecule has 3 amide bonds. The summed E-state index contributed by atoms with van der Waals surface area (Å²) in [6, 6.07) is 15.9. The highest BCUT2D eigenvalue weighted by Gasteiger charge is 2.44. The molecule has 2 aromatic carbocycles. The van der Waals surface area contributed by atoms with Crippen molar-refractivity contribution in [3.63, 3.8) is 0 Å². The van der Waals surface area contributed by atoms with E-state index in [9.17, 15) is 24.3 Å². The van der Waals surface area contributed by atoms with Gasteiger partial charge < -0.3 is 65.5 Å². The number of nitrogens with one attached hydrogen (secondary N) is 5. The first-order valence-corrected chi connectivity index (χ1v) is 26.2. The number of likely N-dealkylation sites (tertiary alicyclic amines) is 1. The summed E-state index contributed by atoms with van der Waals surface area (Å²) >= 11 is 1.57. The number of hydrogen-bond donors (Lipinski definition) is 7. The van der Waals surface area contributed by atoms with Crippen molar-refractivity contribution in [2.45, 2.75) is 103 Å². The zero-order valence-corrected chi connectivity index (χ0v) is 43.4. The molecule has 8 rings (SSSR count). The van der Waals surface area contributed by atoms with Crippen molar-refractivity contribution in [1.82, 2.24) is 40.0 Å². The molecule has 0 bridgehead atoms. The molecule has 1 aliphatic carbocycles. The third kappa shape index (κ3) is 13.9. The van der Waals surface area contributed by atoms with Crippen molar-refractivity contribution in [2.24, 2.45) is 11.1 Å². The van der Waals surface area contributed by atoms with Gasteiger partial charge in [-0.1, -0.05) is 63.9 Å². The summed E-state index contributed by atoms with van der Waals surface area (Å²) in [7, 11) is 0. The molecule has 74 heavy (non-hydrogen) atoms. The number of thiazole rings is 1. The lowest BCUT2D eigenvalue weighted by Gasteiger charge is -2.35. The third-order valence-electron chi connectivity index (χ3n) is 13.4. The van der Waals surface area contributed by atoms with Crippen LogP contribution >= 0.6 is 11.3 Å². The van der Waals surface area contributed by atoms with E-state index in [1.54, 1.807) is 17.4 Å². The number of aromatic amines is 1. The van der Waals surface area contributed by atoms with E-state index in [0.29, 0.717) is 62.1 Å². The Balaban J connectivity index is 0.704. The number of fused-ring (bicyclic) bond motifs is 2. The van der Waals surface area contributed by atoms with Crippen molar-refractivity contribution >= 4 is 68.2 Å². The Morgan fingerprint density at radius 3 is 2.39 bits per heavy atom. The van der Waals surface area contributed by atoms with Crippen LogP contribution in [0.2, 0.25) is 0 Å².